The van der Waals surface area contributed by atoms with Crippen LogP contribution in [-0.4, -0.2) is 142 Å². The fourth-order valence-corrected chi connectivity index (χ4v) is 6.58. The van der Waals surface area contributed by atoms with Crippen LogP contribution in [0.1, 0.15) is 88.2 Å². The highest BCUT2D eigenvalue weighted by atomic mass is 32.2. The first-order valence-corrected chi connectivity index (χ1v) is 26.5. The number of nitrogens with zero attached hydrogens (tertiary/aromatic N) is 8. The van der Waals surface area contributed by atoms with Gasteiger partial charge in [-0.15, -0.1) is 10.2 Å². The Morgan fingerprint density at radius 2 is 0.974 bits per heavy atom. The molecule has 0 fully saturated rings. The van der Waals surface area contributed by atoms with Gasteiger partial charge in [-0.25, -0.2) is 37.0 Å². The van der Waals surface area contributed by atoms with E-state index in [9.17, 15) is 24.0 Å². The molecular weight excluding hydrogens is 1040 g/mol. The second-order valence-corrected chi connectivity index (χ2v) is 18.1. The van der Waals surface area contributed by atoms with Crippen LogP contribution in [0.5, 0.6) is 0 Å². The maximum Gasteiger partial charge on any atom is 0.407 e. The van der Waals surface area contributed by atoms with Crippen molar-refractivity contribution in [2.45, 2.75) is 71.0 Å². The van der Waals surface area contributed by atoms with Crippen molar-refractivity contribution in [3.8, 4) is 0 Å². The Bertz CT molecular complexity index is 2770. The number of carbonyl (C=O) groups excluding carboxylic acids is 5. The van der Waals surface area contributed by atoms with Crippen LogP contribution in [0, 0.1) is 0 Å². The largest absolute Gasteiger partial charge is 0.748 e. The number of tetrazole rings is 2. The van der Waals surface area contributed by atoms with Crippen LogP contribution in [-0.2, 0) is 69.6 Å². The third kappa shape index (κ3) is 27.0. The number of quaternary nitrogens is 1. The van der Waals surface area contributed by atoms with Crippen molar-refractivity contribution in [3.05, 3.63) is 155 Å². The van der Waals surface area contributed by atoms with Gasteiger partial charge >= 0.3 is 24.1 Å². The van der Waals surface area contributed by atoms with Gasteiger partial charge in [-0.3, -0.25) is 4.79 Å². The smallest absolute Gasteiger partial charge is 0.407 e. The van der Waals surface area contributed by atoms with Gasteiger partial charge in [0.15, 0.2) is 11.9 Å². The van der Waals surface area contributed by atoms with Gasteiger partial charge in [-0.2, -0.15) is 0 Å². The van der Waals surface area contributed by atoms with E-state index in [1.807, 2.05) is 72.8 Å². The fourth-order valence-electron chi connectivity index (χ4n) is 6.58. The second-order valence-electron chi connectivity index (χ2n) is 16.7. The van der Waals surface area contributed by atoms with E-state index in [1.165, 1.54) is 11.6 Å². The number of hydrogen-bond acceptors (Lipinski definition) is 20. The maximum absolute atomic E-state index is 12.0. The van der Waals surface area contributed by atoms with E-state index in [0.29, 0.717) is 94.2 Å². The minimum Gasteiger partial charge on any atom is -0.748 e. The zero-order valence-corrected chi connectivity index (χ0v) is 44.2. The molecule has 0 bridgehead atoms. The van der Waals surface area contributed by atoms with Crippen molar-refractivity contribution in [3.63, 3.8) is 0 Å². The number of alkyl carbamates (subject to hydrolysis) is 2. The molecule has 420 valence electrons. The molecule has 0 saturated carbocycles. The average Bonchev–Trinajstić information content (AvgIpc) is 4.12. The lowest BCUT2D eigenvalue weighted by atomic mass is 10.2. The molecule has 6 N–H and O–H groups in total. The topological polar surface area (TPSA) is 349 Å². The molecule has 2 atom stereocenters. The summed E-state index contributed by atoms with van der Waals surface area (Å²) in [7, 11) is -3.92. The lowest BCUT2D eigenvalue weighted by Crippen LogP contribution is -2.56. The number of esters is 2. The SMILES string of the molecule is CC(=O)NC(COCc1ccccc1)c1nnnn1CCOC(=O)NCCCCOC(=O)c1ccccc1.CS(=O)(=O)[O-].[NH3+]C(COCc1ccccc1)c1nnnn1CCOC(=O)NCCCCOC(=O)c1ccccc1. The van der Waals surface area contributed by atoms with Gasteiger partial charge in [0.25, 0.3) is 0 Å². The highest BCUT2D eigenvalue weighted by Gasteiger charge is 2.22. The van der Waals surface area contributed by atoms with Crippen LogP contribution in [0.4, 0.5) is 9.59 Å². The first-order chi connectivity index (χ1) is 37.7. The number of carbonyl (C=O) groups is 5. The molecule has 6 aromatic rings. The minimum absolute atomic E-state index is 0.0240. The van der Waals surface area contributed by atoms with Gasteiger partial charge in [0.05, 0.1) is 67.4 Å². The highest BCUT2D eigenvalue weighted by molar-refractivity contribution is 7.84. The summed E-state index contributed by atoms with van der Waals surface area (Å²) in [5.74, 6) is -0.0246. The molecule has 27 heteroatoms. The zero-order valence-electron chi connectivity index (χ0n) is 43.4. The normalized spacial score (nSPS) is 11.5. The molecular formula is C51H66N12O14S. The van der Waals surface area contributed by atoms with Crippen molar-refractivity contribution in [1.29, 1.82) is 0 Å². The van der Waals surface area contributed by atoms with Crippen molar-refractivity contribution in [1.82, 2.24) is 56.4 Å². The predicted molar refractivity (Wildman–Crippen MR) is 276 cm³/mol. The van der Waals surface area contributed by atoms with E-state index in [2.05, 4.69) is 52.7 Å². The molecule has 3 amide bonds. The van der Waals surface area contributed by atoms with Gasteiger partial charge in [0, 0.05) is 26.3 Å². The van der Waals surface area contributed by atoms with Gasteiger partial charge in [-0.05, 0) is 81.9 Å². The summed E-state index contributed by atoms with van der Waals surface area (Å²) in [6.07, 6.45) is 2.00. The zero-order chi connectivity index (χ0) is 56.2. The maximum atomic E-state index is 12.0. The first-order valence-electron chi connectivity index (χ1n) is 24.7. The van der Waals surface area contributed by atoms with Crippen LogP contribution < -0.4 is 21.7 Å². The summed E-state index contributed by atoms with van der Waals surface area (Å²) in [6.45, 7) is 4.74. The van der Waals surface area contributed by atoms with Crippen molar-refractivity contribution in [2.75, 3.05) is 59.0 Å². The highest BCUT2D eigenvalue weighted by Crippen LogP contribution is 2.12. The standard InChI is InChI=1S/C26H32N6O6.C24H30N6O5.CH4O3S/c1-20(33)28-23(19-36-18-21-10-4-2-5-11-21)24-29-30-31-32(24)15-17-38-26(35)27-14-8-9-16-37-25(34)22-12-6-3-7-13-22;25-21(18-33-17-19-9-3-1-4-10-19)22-27-28-29-30(22)14-16-35-24(32)26-13-7-8-15-34-23(31)20-11-5-2-6-12-20;1-5(2,3)4/h2-7,10-13,23H,8-9,14-19H2,1H3,(H,27,35)(H,28,33);1-6,9-12,21H,7-8,13-18,25H2,(H,26,32);1H3,(H,2,3,4). The average molecular weight is 1100 g/mol. The molecule has 2 aromatic heterocycles. The van der Waals surface area contributed by atoms with Crippen LogP contribution >= 0.6 is 0 Å². The number of unbranched alkanes of at least 4 members (excludes halogenated alkanes) is 2. The summed E-state index contributed by atoms with van der Waals surface area (Å²) in [5, 5.41) is 31.4. The van der Waals surface area contributed by atoms with Crippen molar-refractivity contribution < 1.29 is 71.1 Å². The Balaban J connectivity index is 0.000000310. The Hall–Kier alpha value is -8.24. The summed E-state index contributed by atoms with van der Waals surface area (Å²) in [5.41, 5.74) is 7.17. The van der Waals surface area contributed by atoms with Crippen LogP contribution in [0.15, 0.2) is 121 Å². The Kier molecular flexibility index (Phi) is 28.7. The van der Waals surface area contributed by atoms with E-state index < -0.39 is 28.3 Å². The van der Waals surface area contributed by atoms with Crippen molar-refractivity contribution in [2.24, 2.45) is 0 Å². The number of benzene rings is 4. The monoisotopic (exact) mass is 1100 g/mol. The third-order valence-electron chi connectivity index (χ3n) is 10.2. The lowest BCUT2D eigenvalue weighted by Gasteiger charge is -2.17. The molecule has 26 nitrogen and oxygen atoms in total. The molecule has 0 aliphatic rings. The van der Waals surface area contributed by atoms with Crippen LogP contribution in [0.3, 0.4) is 0 Å². The predicted octanol–water partition coefficient (Wildman–Crippen LogP) is 3.13. The van der Waals surface area contributed by atoms with E-state index in [-0.39, 0.29) is 63.5 Å². The lowest BCUT2D eigenvalue weighted by molar-refractivity contribution is -0.437. The Morgan fingerprint density at radius 1 is 0.577 bits per heavy atom. The molecule has 78 heavy (non-hydrogen) atoms. The molecule has 0 saturated heterocycles. The first kappa shape index (κ1) is 62.3. The molecule has 0 aliphatic heterocycles. The molecule has 2 unspecified atom stereocenters. The number of hydrogen-bond donors (Lipinski definition) is 4. The van der Waals surface area contributed by atoms with Gasteiger partial charge < -0.3 is 54.7 Å². The Labute approximate surface area is 451 Å². The second kappa shape index (κ2) is 35.9. The quantitative estimate of drug-likeness (QED) is 0.0227. The fraction of sp³-hybridized carbons (Fsp3) is 0.392. The molecule has 4 aromatic carbocycles. The molecule has 0 radical (unpaired) electrons. The number of amides is 3. The minimum atomic E-state index is -3.92. The van der Waals surface area contributed by atoms with Gasteiger partial charge in [0.2, 0.25) is 11.7 Å². The molecule has 0 aliphatic carbocycles. The molecule has 0 spiro atoms. The molecule has 2 heterocycles. The van der Waals surface area contributed by atoms with Crippen LogP contribution in [0.25, 0.3) is 0 Å². The van der Waals surface area contributed by atoms with E-state index in [4.69, 9.17) is 41.4 Å². The van der Waals surface area contributed by atoms with Gasteiger partial charge in [-0.1, -0.05) is 97.1 Å². The number of ether oxygens (including phenoxy) is 6. The summed E-state index contributed by atoms with van der Waals surface area (Å²) in [4.78, 5) is 59.3. The summed E-state index contributed by atoms with van der Waals surface area (Å²) in [6, 6.07) is 36.2. The number of aromatic nitrogens is 8. The Morgan fingerprint density at radius 3 is 1.41 bits per heavy atom. The van der Waals surface area contributed by atoms with E-state index in [0.717, 1.165) is 11.1 Å². The summed E-state index contributed by atoms with van der Waals surface area (Å²) < 4.78 is 62.5. The molecule has 6 rings (SSSR count). The van der Waals surface area contributed by atoms with E-state index in [1.54, 1.807) is 53.2 Å². The third-order valence-corrected chi connectivity index (χ3v) is 10.2. The number of nitrogens with one attached hydrogen (secondary N) is 3. The number of rotatable bonds is 29. The van der Waals surface area contributed by atoms with Crippen LogP contribution in [0.2, 0.25) is 0 Å². The van der Waals surface area contributed by atoms with Crippen molar-refractivity contribution >= 4 is 40.2 Å². The van der Waals surface area contributed by atoms with E-state index >= 15 is 0 Å². The van der Waals surface area contributed by atoms with Gasteiger partial charge in [0.1, 0.15) is 25.9 Å². The summed E-state index contributed by atoms with van der Waals surface area (Å²) >= 11 is 0.